The van der Waals surface area contributed by atoms with E-state index >= 15 is 0 Å². The van der Waals surface area contributed by atoms with Gasteiger partial charge in [-0.05, 0) is 43.2 Å². The molecule has 1 heterocycles. The summed E-state index contributed by atoms with van der Waals surface area (Å²) in [6.45, 7) is 5.56. The molecule has 3 nitrogen and oxygen atoms in total. The Bertz CT molecular complexity index is 581. The predicted octanol–water partition coefficient (Wildman–Crippen LogP) is 3.54. The molecule has 1 aliphatic carbocycles. The molecule has 3 rings (SSSR count). The van der Waals surface area contributed by atoms with Crippen LogP contribution >= 0.6 is 0 Å². The summed E-state index contributed by atoms with van der Waals surface area (Å²) >= 11 is 0. The number of para-hydroxylation sites is 2. The van der Waals surface area contributed by atoms with Crippen molar-refractivity contribution >= 4 is 11.0 Å². The Labute approximate surface area is 120 Å². The summed E-state index contributed by atoms with van der Waals surface area (Å²) < 4.78 is 0. The van der Waals surface area contributed by atoms with E-state index < -0.39 is 0 Å². The van der Waals surface area contributed by atoms with Gasteiger partial charge in [0.25, 0.3) is 0 Å². The molecule has 1 aromatic heterocycles. The number of hydrogen-bond acceptors (Lipinski definition) is 3. The molecule has 1 saturated carbocycles. The molecule has 1 fully saturated rings. The zero-order chi connectivity index (χ0) is 13.9. The lowest BCUT2D eigenvalue weighted by Crippen LogP contribution is -2.36. The van der Waals surface area contributed by atoms with Crippen LogP contribution in [0, 0.1) is 11.8 Å². The molecule has 3 unspecified atom stereocenters. The number of benzene rings is 1. The highest BCUT2D eigenvalue weighted by Crippen LogP contribution is 2.29. The summed E-state index contributed by atoms with van der Waals surface area (Å²) in [4.78, 5) is 9.14. The van der Waals surface area contributed by atoms with Crippen molar-refractivity contribution in [2.45, 2.75) is 45.7 Å². The van der Waals surface area contributed by atoms with E-state index in [0.29, 0.717) is 6.04 Å². The van der Waals surface area contributed by atoms with Crippen LogP contribution in [0.2, 0.25) is 0 Å². The third-order valence-corrected chi connectivity index (χ3v) is 4.67. The summed E-state index contributed by atoms with van der Waals surface area (Å²) in [6, 6.07) is 8.67. The van der Waals surface area contributed by atoms with Gasteiger partial charge in [-0.2, -0.15) is 0 Å². The molecule has 0 aliphatic heterocycles. The van der Waals surface area contributed by atoms with Gasteiger partial charge in [0.15, 0.2) is 0 Å². The van der Waals surface area contributed by atoms with Crippen molar-refractivity contribution in [1.29, 1.82) is 0 Å². The number of hydrogen-bond donors (Lipinski definition) is 1. The summed E-state index contributed by atoms with van der Waals surface area (Å²) in [7, 11) is 0. The average Bonchev–Trinajstić information content (AvgIpc) is 2.48. The van der Waals surface area contributed by atoms with E-state index in [2.05, 4.69) is 29.1 Å². The van der Waals surface area contributed by atoms with E-state index in [1.54, 1.807) is 0 Å². The van der Waals surface area contributed by atoms with Crippen molar-refractivity contribution in [3.63, 3.8) is 0 Å². The second-order valence-electron chi connectivity index (χ2n) is 6.20. The van der Waals surface area contributed by atoms with Gasteiger partial charge in [-0.3, -0.25) is 4.98 Å². The van der Waals surface area contributed by atoms with Gasteiger partial charge in [-0.15, -0.1) is 0 Å². The maximum atomic E-state index is 4.67. The molecular weight excluding hydrogens is 246 g/mol. The van der Waals surface area contributed by atoms with Crippen molar-refractivity contribution in [2.75, 3.05) is 0 Å². The monoisotopic (exact) mass is 269 g/mol. The molecule has 0 radical (unpaired) electrons. The van der Waals surface area contributed by atoms with Crippen LogP contribution in [0.1, 0.15) is 38.8 Å². The van der Waals surface area contributed by atoms with Crippen molar-refractivity contribution in [2.24, 2.45) is 11.8 Å². The van der Waals surface area contributed by atoms with Gasteiger partial charge < -0.3 is 5.32 Å². The zero-order valence-electron chi connectivity index (χ0n) is 12.3. The lowest BCUT2D eigenvalue weighted by atomic mass is 9.79. The van der Waals surface area contributed by atoms with Gasteiger partial charge in [0.2, 0.25) is 0 Å². The molecule has 0 saturated heterocycles. The minimum atomic E-state index is 0.634. The van der Waals surface area contributed by atoms with Crippen molar-refractivity contribution < 1.29 is 0 Å². The molecule has 0 amide bonds. The van der Waals surface area contributed by atoms with Crippen LogP contribution in [0.4, 0.5) is 0 Å². The maximum Gasteiger partial charge on any atom is 0.0890 e. The Kier molecular flexibility index (Phi) is 3.97. The van der Waals surface area contributed by atoms with Gasteiger partial charge in [0.1, 0.15) is 0 Å². The van der Waals surface area contributed by atoms with Crippen LogP contribution in [-0.4, -0.2) is 16.0 Å². The molecule has 20 heavy (non-hydrogen) atoms. The highest BCUT2D eigenvalue weighted by Gasteiger charge is 2.23. The molecule has 3 atom stereocenters. The Balaban J connectivity index is 1.62. The average molecular weight is 269 g/mol. The highest BCUT2D eigenvalue weighted by atomic mass is 14.9. The Morgan fingerprint density at radius 2 is 1.90 bits per heavy atom. The Hall–Kier alpha value is -1.48. The minimum absolute atomic E-state index is 0.634. The van der Waals surface area contributed by atoms with Crippen molar-refractivity contribution in [3.8, 4) is 0 Å². The normalized spacial score (nSPS) is 26.8. The molecule has 0 spiro atoms. The van der Waals surface area contributed by atoms with Crippen LogP contribution in [0.25, 0.3) is 11.0 Å². The molecule has 1 N–H and O–H groups in total. The lowest BCUT2D eigenvalue weighted by molar-refractivity contribution is 0.225. The Morgan fingerprint density at radius 1 is 1.10 bits per heavy atom. The molecule has 0 bridgehead atoms. The van der Waals surface area contributed by atoms with Gasteiger partial charge in [0.05, 0.1) is 22.9 Å². The largest absolute Gasteiger partial charge is 0.308 e. The minimum Gasteiger partial charge on any atom is -0.308 e. The molecule has 3 heteroatoms. The quantitative estimate of drug-likeness (QED) is 0.926. The molecular formula is C17H23N3. The first-order valence-electron chi connectivity index (χ1n) is 7.66. The van der Waals surface area contributed by atoms with Crippen molar-refractivity contribution in [1.82, 2.24) is 15.3 Å². The van der Waals surface area contributed by atoms with Gasteiger partial charge in [-0.1, -0.05) is 26.0 Å². The fourth-order valence-corrected chi connectivity index (χ4v) is 3.06. The topological polar surface area (TPSA) is 37.8 Å². The Morgan fingerprint density at radius 3 is 2.70 bits per heavy atom. The number of nitrogens with zero attached hydrogens (tertiary/aromatic N) is 2. The smallest absolute Gasteiger partial charge is 0.0890 e. The molecule has 2 aromatic rings. The van der Waals surface area contributed by atoms with Gasteiger partial charge >= 0.3 is 0 Å². The van der Waals surface area contributed by atoms with E-state index in [4.69, 9.17) is 0 Å². The summed E-state index contributed by atoms with van der Waals surface area (Å²) in [6.07, 6.45) is 5.79. The van der Waals surface area contributed by atoms with E-state index in [-0.39, 0.29) is 0 Å². The zero-order valence-corrected chi connectivity index (χ0v) is 12.3. The fourth-order valence-electron chi connectivity index (χ4n) is 3.06. The first-order valence-corrected chi connectivity index (χ1v) is 7.66. The number of fused-ring (bicyclic) bond motifs is 1. The second kappa shape index (κ2) is 5.88. The highest BCUT2D eigenvalue weighted by molar-refractivity contribution is 5.73. The van der Waals surface area contributed by atoms with Crippen LogP contribution in [0.15, 0.2) is 30.5 Å². The summed E-state index contributed by atoms with van der Waals surface area (Å²) in [5, 5.41) is 3.65. The number of nitrogens with one attached hydrogen (secondary N) is 1. The van der Waals surface area contributed by atoms with Crippen LogP contribution in [0.3, 0.4) is 0 Å². The van der Waals surface area contributed by atoms with Gasteiger partial charge in [0, 0.05) is 12.6 Å². The molecule has 106 valence electrons. The van der Waals surface area contributed by atoms with E-state index in [0.717, 1.165) is 35.1 Å². The first-order chi connectivity index (χ1) is 9.72. The maximum absolute atomic E-state index is 4.67. The fraction of sp³-hybridized carbons (Fsp3) is 0.529. The number of aromatic nitrogens is 2. The van der Waals surface area contributed by atoms with E-state index in [1.165, 1.54) is 19.3 Å². The second-order valence-corrected chi connectivity index (χ2v) is 6.20. The lowest BCUT2D eigenvalue weighted by Gasteiger charge is -2.32. The third kappa shape index (κ3) is 2.98. The van der Waals surface area contributed by atoms with Crippen molar-refractivity contribution in [3.05, 3.63) is 36.2 Å². The van der Waals surface area contributed by atoms with E-state index in [1.807, 2.05) is 30.5 Å². The first kappa shape index (κ1) is 13.5. The van der Waals surface area contributed by atoms with E-state index in [9.17, 15) is 0 Å². The molecule has 1 aliphatic rings. The van der Waals surface area contributed by atoms with Crippen LogP contribution in [0.5, 0.6) is 0 Å². The summed E-state index contributed by atoms with van der Waals surface area (Å²) in [5.41, 5.74) is 2.99. The SMILES string of the molecule is CC1CCC(NCc2cnc3ccccc3n2)CC1C. The molecule has 1 aromatic carbocycles. The summed E-state index contributed by atoms with van der Waals surface area (Å²) in [5.74, 6) is 1.69. The number of rotatable bonds is 3. The van der Waals surface area contributed by atoms with Gasteiger partial charge in [-0.25, -0.2) is 4.98 Å². The predicted molar refractivity (Wildman–Crippen MR) is 82.3 cm³/mol. The van der Waals surface area contributed by atoms with Crippen LogP contribution in [-0.2, 0) is 6.54 Å². The van der Waals surface area contributed by atoms with Crippen LogP contribution < -0.4 is 5.32 Å². The standard InChI is InChI=1S/C17H23N3/c1-12-7-8-14(9-13(12)2)18-10-15-11-19-16-5-3-4-6-17(16)20-15/h3-6,11-14,18H,7-10H2,1-2H3. The third-order valence-electron chi connectivity index (χ3n) is 4.67.